The topological polar surface area (TPSA) is 91.2 Å². The van der Waals surface area contributed by atoms with Crippen LogP contribution in [0.5, 0.6) is 0 Å². The van der Waals surface area contributed by atoms with E-state index in [4.69, 9.17) is 29.4 Å². The summed E-state index contributed by atoms with van der Waals surface area (Å²) in [7, 11) is -1.23. The average Bonchev–Trinajstić information content (AvgIpc) is 2.70. The molecule has 0 aliphatic carbocycles. The minimum atomic E-state index is -1.23. The molecule has 0 fully saturated rings. The van der Waals surface area contributed by atoms with Gasteiger partial charge in [-0.05, 0) is 34.6 Å². The summed E-state index contributed by atoms with van der Waals surface area (Å²) in [6.45, 7) is 15.7. The third kappa shape index (κ3) is 17.0. The van der Waals surface area contributed by atoms with Gasteiger partial charge in [-0.15, -0.1) is 0 Å². The minimum absolute atomic E-state index is 0.268. The summed E-state index contributed by atoms with van der Waals surface area (Å²) in [4.78, 5) is 4.12. The molecule has 9 nitrogen and oxygen atoms in total. The molecule has 10 heteroatoms. The Bertz CT molecular complexity index is 388. The van der Waals surface area contributed by atoms with Crippen LogP contribution in [0.25, 0.3) is 0 Å². The molecule has 0 aromatic rings. The standard InChI is InChI=1S/C19H41N2O7P/c1-6-20-17-28-29(21(18(2)3)19(4)5)27-16-15-26-14-13-25-12-11-24-10-9-23-8-7-22/h17-19,22H,6-16H2,1-5H3/i22D. The van der Waals surface area contributed by atoms with Gasteiger partial charge in [-0.3, -0.25) is 4.99 Å². The van der Waals surface area contributed by atoms with Crippen LogP contribution in [0.3, 0.4) is 0 Å². The van der Waals surface area contributed by atoms with Gasteiger partial charge >= 0.3 is 8.53 Å². The summed E-state index contributed by atoms with van der Waals surface area (Å²) in [6.07, 6.45) is 1.48. The third-order valence-electron chi connectivity index (χ3n) is 3.41. The first-order chi connectivity index (χ1) is 14.5. The fourth-order valence-corrected chi connectivity index (χ4v) is 3.70. The van der Waals surface area contributed by atoms with Gasteiger partial charge in [-0.25, -0.2) is 4.67 Å². The van der Waals surface area contributed by atoms with Crippen molar-refractivity contribution in [3.63, 3.8) is 0 Å². The van der Waals surface area contributed by atoms with Gasteiger partial charge in [0.25, 0.3) is 0 Å². The van der Waals surface area contributed by atoms with Crippen LogP contribution >= 0.6 is 8.53 Å². The zero-order valence-electron chi connectivity index (χ0n) is 19.7. The predicted octanol–water partition coefficient (Wildman–Crippen LogP) is 2.47. The number of nitrogens with zero attached hydrogens (tertiary/aromatic N) is 2. The molecule has 29 heavy (non-hydrogen) atoms. The maximum atomic E-state index is 6.51. The molecule has 0 heterocycles. The lowest BCUT2D eigenvalue weighted by Crippen LogP contribution is -2.33. The SMILES string of the molecule is [2H]OCCOCCOCCOCCOCCOP(OC=NCC)N(C(C)C)C(C)C. The Morgan fingerprint density at radius 3 is 1.79 bits per heavy atom. The Hall–Kier alpha value is -0.380. The summed E-state index contributed by atoms with van der Waals surface area (Å²) in [5, 5.41) is 4.14. The van der Waals surface area contributed by atoms with Crippen molar-refractivity contribution < 1.29 is 33.1 Å². The van der Waals surface area contributed by atoms with Gasteiger partial charge in [0, 0.05) is 18.6 Å². The van der Waals surface area contributed by atoms with E-state index < -0.39 is 8.53 Å². The second-order valence-electron chi connectivity index (χ2n) is 6.50. The van der Waals surface area contributed by atoms with E-state index in [1.165, 1.54) is 6.40 Å². The Balaban J connectivity index is 3.75. The minimum Gasteiger partial charge on any atom is -0.425 e. The molecular weight excluding hydrogens is 399 g/mol. The molecule has 0 bridgehead atoms. The first-order valence-corrected chi connectivity index (χ1v) is 11.4. The molecule has 1 unspecified atom stereocenters. The van der Waals surface area contributed by atoms with E-state index in [9.17, 15) is 0 Å². The molecular formula is C19H41N2O7P. The second kappa shape index (κ2) is 20.9. The number of hydrogen-bond donors (Lipinski definition) is 1. The molecule has 0 spiro atoms. The van der Waals surface area contributed by atoms with Crippen molar-refractivity contribution >= 4 is 14.9 Å². The van der Waals surface area contributed by atoms with Crippen LogP contribution in [0, 0.1) is 0 Å². The van der Waals surface area contributed by atoms with Gasteiger partial charge in [0.05, 0.1) is 66.1 Å². The van der Waals surface area contributed by atoms with Gasteiger partial charge in [-0.1, -0.05) is 0 Å². The summed E-state index contributed by atoms with van der Waals surface area (Å²) < 4.78 is 41.9. The lowest BCUT2D eigenvalue weighted by Gasteiger charge is -2.34. The molecule has 0 aliphatic rings. The highest BCUT2D eigenvalue weighted by Crippen LogP contribution is 2.45. The van der Waals surface area contributed by atoms with Crippen molar-refractivity contribution in [3.05, 3.63) is 0 Å². The van der Waals surface area contributed by atoms with Crippen LogP contribution < -0.4 is 0 Å². The summed E-state index contributed by atoms with van der Waals surface area (Å²) >= 11 is 0. The van der Waals surface area contributed by atoms with E-state index in [2.05, 4.69) is 42.5 Å². The van der Waals surface area contributed by atoms with E-state index in [0.717, 1.165) is 0 Å². The number of rotatable bonds is 22. The van der Waals surface area contributed by atoms with Gasteiger partial charge < -0.3 is 33.1 Å². The van der Waals surface area contributed by atoms with Crippen molar-refractivity contribution in [2.24, 2.45) is 4.99 Å². The Kier molecular flexibility index (Phi) is 19.2. The molecule has 0 aliphatic heterocycles. The number of aliphatic imine (C=N–C) groups is 1. The number of aliphatic hydroxyl groups is 1. The Morgan fingerprint density at radius 1 is 0.862 bits per heavy atom. The van der Waals surface area contributed by atoms with Crippen LogP contribution in [-0.4, -0.2) is 102 Å². The number of ether oxygens (including phenoxy) is 4. The molecule has 0 radical (unpaired) electrons. The predicted molar refractivity (Wildman–Crippen MR) is 115 cm³/mol. The molecule has 1 N–H and O–H groups in total. The molecule has 0 saturated carbocycles. The maximum absolute atomic E-state index is 6.51. The van der Waals surface area contributed by atoms with E-state index in [1.54, 1.807) is 0 Å². The van der Waals surface area contributed by atoms with Gasteiger partial charge in [0.2, 0.25) is 1.43 Å². The third-order valence-corrected chi connectivity index (χ3v) is 5.39. The van der Waals surface area contributed by atoms with Gasteiger partial charge in [0.15, 0.2) is 6.40 Å². The normalized spacial score (nSPS) is 13.7. The maximum Gasteiger partial charge on any atom is 0.322 e. The van der Waals surface area contributed by atoms with Crippen LogP contribution in [0.1, 0.15) is 34.6 Å². The van der Waals surface area contributed by atoms with Crippen LogP contribution in [-0.2, 0) is 28.0 Å². The molecule has 0 saturated heterocycles. The quantitative estimate of drug-likeness (QED) is 0.119. The number of aliphatic hydroxyl groups excluding tert-OH is 1. The summed E-state index contributed by atoms with van der Waals surface area (Å²) in [6, 6.07) is 0.595. The van der Waals surface area contributed by atoms with Crippen molar-refractivity contribution in [2.75, 3.05) is 72.6 Å². The molecule has 174 valence electrons. The first kappa shape index (κ1) is 26.7. The van der Waals surface area contributed by atoms with Crippen LogP contribution in [0.15, 0.2) is 4.99 Å². The molecule has 0 amide bonds. The Morgan fingerprint density at radius 2 is 1.34 bits per heavy atom. The summed E-state index contributed by atoms with van der Waals surface area (Å²) in [5.74, 6) is 0. The van der Waals surface area contributed by atoms with Gasteiger partial charge in [-0.2, -0.15) is 0 Å². The molecule has 1 atom stereocenters. The van der Waals surface area contributed by atoms with Crippen LogP contribution in [0.4, 0.5) is 0 Å². The van der Waals surface area contributed by atoms with E-state index in [1.807, 2.05) is 6.92 Å². The highest BCUT2D eigenvalue weighted by Gasteiger charge is 2.27. The zero-order valence-corrected chi connectivity index (χ0v) is 19.6. The average molecular weight is 442 g/mol. The van der Waals surface area contributed by atoms with Crippen molar-refractivity contribution in [1.29, 1.82) is 1.43 Å². The smallest absolute Gasteiger partial charge is 0.322 e. The largest absolute Gasteiger partial charge is 0.425 e. The van der Waals surface area contributed by atoms with Gasteiger partial charge in [0.1, 0.15) is 0 Å². The fourth-order valence-electron chi connectivity index (χ4n) is 2.27. The van der Waals surface area contributed by atoms with Crippen molar-refractivity contribution in [1.82, 2.24) is 4.67 Å². The molecule has 0 aromatic heterocycles. The lowest BCUT2D eigenvalue weighted by molar-refractivity contribution is -0.00804. The second-order valence-corrected chi connectivity index (χ2v) is 7.91. The monoisotopic (exact) mass is 441 g/mol. The van der Waals surface area contributed by atoms with E-state index in [0.29, 0.717) is 78.1 Å². The van der Waals surface area contributed by atoms with Crippen LogP contribution in [0.2, 0.25) is 0 Å². The van der Waals surface area contributed by atoms with E-state index in [-0.39, 0.29) is 6.61 Å². The van der Waals surface area contributed by atoms with Crippen molar-refractivity contribution in [3.8, 4) is 0 Å². The molecule has 0 aromatic carbocycles. The lowest BCUT2D eigenvalue weighted by atomic mass is 10.3. The van der Waals surface area contributed by atoms with E-state index >= 15 is 0 Å². The number of hydrogen-bond acceptors (Lipinski definition) is 9. The first-order valence-electron chi connectivity index (χ1n) is 10.7. The van der Waals surface area contributed by atoms with Crippen molar-refractivity contribution in [2.45, 2.75) is 46.7 Å². The zero-order chi connectivity index (χ0) is 22.5. The fraction of sp³-hybridized carbons (Fsp3) is 0.947. The Labute approximate surface area is 179 Å². The highest BCUT2D eigenvalue weighted by molar-refractivity contribution is 7.45. The summed E-state index contributed by atoms with van der Waals surface area (Å²) in [5.41, 5.74) is 0. The molecule has 0 rings (SSSR count). The highest BCUT2D eigenvalue weighted by atomic mass is 31.2.